The van der Waals surface area contributed by atoms with Crippen LogP contribution in [-0.2, 0) is 13.2 Å². The molecule has 0 heterocycles. The molecule has 0 atom stereocenters. The fraction of sp³-hybridized carbons (Fsp3) is 0.136. The minimum atomic E-state index is -1.03. The van der Waals surface area contributed by atoms with Crippen molar-refractivity contribution in [1.82, 2.24) is 0 Å². The van der Waals surface area contributed by atoms with Crippen LogP contribution in [0, 0.1) is 5.82 Å². The number of carboxylic acids is 1. The Hall–Kier alpha value is -3.25. The lowest BCUT2D eigenvalue weighted by molar-refractivity contribution is 0.0697. The summed E-state index contributed by atoms with van der Waals surface area (Å²) in [6, 6.07) is 16.1. The summed E-state index contributed by atoms with van der Waals surface area (Å²) in [5.74, 6) is -0.326. The van der Waals surface area contributed by atoms with Gasteiger partial charge in [0, 0.05) is 22.7 Å². The zero-order valence-electron chi connectivity index (χ0n) is 15.6. The Balaban J connectivity index is 1.79. The number of benzene rings is 3. The molecule has 0 bridgehead atoms. The third kappa shape index (κ3) is 5.18. The highest BCUT2D eigenvalue weighted by Crippen LogP contribution is 2.29. The Kier molecular flexibility index (Phi) is 6.57. The van der Waals surface area contributed by atoms with Crippen LogP contribution in [0.15, 0.2) is 60.7 Å². The Labute approximate surface area is 172 Å². The number of anilines is 1. The molecule has 0 spiro atoms. The number of hydrogen-bond acceptors (Lipinski definition) is 4. The molecular formula is C22H19ClFNO4. The van der Waals surface area contributed by atoms with E-state index in [-0.39, 0.29) is 18.0 Å². The third-order valence-electron chi connectivity index (χ3n) is 4.28. The summed E-state index contributed by atoms with van der Waals surface area (Å²) in [4.78, 5) is 11.2. The van der Waals surface area contributed by atoms with E-state index < -0.39 is 5.97 Å². The molecule has 29 heavy (non-hydrogen) atoms. The maximum atomic E-state index is 13.8. The summed E-state index contributed by atoms with van der Waals surface area (Å²) >= 11 is 6.12. The van der Waals surface area contributed by atoms with Gasteiger partial charge in [0.25, 0.3) is 0 Å². The smallest absolute Gasteiger partial charge is 0.335 e. The van der Waals surface area contributed by atoms with Crippen molar-refractivity contribution in [3.8, 4) is 11.5 Å². The molecule has 3 aromatic carbocycles. The highest BCUT2D eigenvalue weighted by Gasteiger charge is 2.11. The minimum absolute atomic E-state index is 0.0686. The molecule has 0 aliphatic carbocycles. The lowest BCUT2D eigenvalue weighted by Gasteiger charge is -2.15. The standard InChI is InChI=1S/C22H19ClFNO4/c1-28-21-8-6-14(22(26)27)11-19(21)25-12-16-10-17(23)7-9-20(16)29-13-15-4-2-3-5-18(15)24/h2-11,25H,12-13H2,1H3,(H,26,27). The van der Waals surface area contributed by atoms with Crippen LogP contribution in [0.5, 0.6) is 11.5 Å². The van der Waals surface area contributed by atoms with Gasteiger partial charge >= 0.3 is 5.97 Å². The number of ether oxygens (including phenoxy) is 2. The van der Waals surface area contributed by atoms with Crippen molar-refractivity contribution in [2.45, 2.75) is 13.2 Å². The van der Waals surface area contributed by atoms with Crippen LogP contribution in [0.1, 0.15) is 21.5 Å². The average molecular weight is 416 g/mol. The second-order valence-electron chi connectivity index (χ2n) is 6.21. The van der Waals surface area contributed by atoms with Crippen molar-refractivity contribution in [1.29, 1.82) is 0 Å². The van der Waals surface area contributed by atoms with Gasteiger partial charge in [0.2, 0.25) is 0 Å². The van der Waals surface area contributed by atoms with Crippen molar-refractivity contribution in [2.75, 3.05) is 12.4 Å². The van der Waals surface area contributed by atoms with E-state index in [0.29, 0.717) is 34.3 Å². The van der Waals surface area contributed by atoms with Gasteiger partial charge in [-0.2, -0.15) is 0 Å². The lowest BCUT2D eigenvalue weighted by Crippen LogP contribution is -2.06. The zero-order chi connectivity index (χ0) is 20.8. The topological polar surface area (TPSA) is 67.8 Å². The van der Waals surface area contributed by atoms with Gasteiger partial charge < -0.3 is 19.9 Å². The average Bonchev–Trinajstić information content (AvgIpc) is 2.72. The summed E-state index contributed by atoms with van der Waals surface area (Å²) in [5, 5.41) is 12.9. The maximum absolute atomic E-state index is 13.8. The molecule has 0 unspecified atom stereocenters. The Morgan fingerprint density at radius 2 is 1.83 bits per heavy atom. The van der Waals surface area contributed by atoms with Crippen LogP contribution >= 0.6 is 11.6 Å². The SMILES string of the molecule is COc1ccc(C(=O)O)cc1NCc1cc(Cl)ccc1OCc1ccccc1F. The van der Waals surface area contributed by atoms with Crippen LogP contribution in [0.3, 0.4) is 0 Å². The number of halogens is 2. The Morgan fingerprint density at radius 3 is 2.55 bits per heavy atom. The van der Waals surface area contributed by atoms with Crippen molar-refractivity contribution in [3.63, 3.8) is 0 Å². The fourth-order valence-electron chi connectivity index (χ4n) is 2.77. The van der Waals surface area contributed by atoms with Gasteiger partial charge in [-0.05, 0) is 42.5 Å². The molecule has 0 saturated carbocycles. The first kappa shape index (κ1) is 20.5. The van der Waals surface area contributed by atoms with E-state index in [1.807, 2.05) is 0 Å². The monoisotopic (exact) mass is 415 g/mol. The quantitative estimate of drug-likeness (QED) is 0.517. The van der Waals surface area contributed by atoms with E-state index in [1.54, 1.807) is 42.5 Å². The molecule has 0 aromatic heterocycles. The molecule has 3 rings (SSSR count). The van der Waals surface area contributed by atoms with Crippen molar-refractivity contribution in [2.24, 2.45) is 0 Å². The molecule has 0 fully saturated rings. The first-order valence-electron chi connectivity index (χ1n) is 8.77. The predicted octanol–water partition coefficient (Wildman–Crippen LogP) is 5.38. The van der Waals surface area contributed by atoms with Gasteiger partial charge in [-0.15, -0.1) is 0 Å². The lowest BCUT2D eigenvalue weighted by atomic mass is 10.1. The highest BCUT2D eigenvalue weighted by molar-refractivity contribution is 6.30. The van der Waals surface area contributed by atoms with E-state index in [2.05, 4.69) is 5.32 Å². The number of carboxylic acid groups (broad SMARTS) is 1. The van der Waals surface area contributed by atoms with Crippen molar-refractivity contribution >= 4 is 23.3 Å². The van der Waals surface area contributed by atoms with E-state index >= 15 is 0 Å². The molecule has 150 valence electrons. The van der Waals surface area contributed by atoms with E-state index in [0.717, 1.165) is 5.56 Å². The molecular weight excluding hydrogens is 397 g/mol. The van der Waals surface area contributed by atoms with Crippen LogP contribution in [0.25, 0.3) is 0 Å². The number of nitrogens with one attached hydrogen (secondary N) is 1. The van der Waals surface area contributed by atoms with E-state index in [9.17, 15) is 14.3 Å². The maximum Gasteiger partial charge on any atom is 0.335 e. The summed E-state index contributed by atoms with van der Waals surface area (Å²) in [6.45, 7) is 0.367. The molecule has 0 aliphatic heterocycles. The Morgan fingerprint density at radius 1 is 1.07 bits per heavy atom. The van der Waals surface area contributed by atoms with Gasteiger partial charge in [-0.25, -0.2) is 9.18 Å². The number of aromatic carboxylic acids is 1. The molecule has 0 saturated heterocycles. The second kappa shape index (κ2) is 9.30. The summed E-state index contributed by atoms with van der Waals surface area (Å²) in [5.41, 5.74) is 1.83. The number of hydrogen-bond donors (Lipinski definition) is 2. The van der Waals surface area contributed by atoms with E-state index in [4.69, 9.17) is 21.1 Å². The second-order valence-corrected chi connectivity index (χ2v) is 6.64. The van der Waals surface area contributed by atoms with Gasteiger partial charge in [-0.3, -0.25) is 0 Å². The molecule has 0 radical (unpaired) electrons. The van der Waals surface area contributed by atoms with Crippen LogP contribution < -0.4 is 14.8 Å². The van der Waals surface area contributed by atoms with Gasteiger partial charge in [-0.1, -0.05) is 29.8 Å². The van der Waals surface area contributed by atoms with Gasteiger partial charge in [0.1, 0.15) is 23.9 Å². The molecule has 0 aliphatic rings. The molecule has 5 nitrogen and oxygen atoms in total. The molecule has 7 heteroatoms. The normalized spacial score (nSPS) is 10.4. The molecule has 0 amide bonds. The number of rotatable bonds is 8. The summed E-state index contributed by atoms with van der Waals surface area (Å²) in [6.07, 6.45) is 0. The third-order valence-corrected chi connectivity index (χ3v) is 4.51. The zero-order valence-corrected chi connectivity index (χ0v) is 16.4. The first-order chi connectivity index (χ1) is 14.0. The first-order valence-corrected chi connectivity index (χ1v) is 9.15. The minimum Gasteiger partial charge on any atom is -0.495 e. The van der Waals surface area contributed by atoms with Gasteiger partial charge in [0.05, 0.1) is 18.4 Å². The largest absolute Gasteiger partial charge is 0.495 e. The summed E-state index contributed by atoms with van der Waals surface area (Å²) < 4.78 is 24.9. The van der Waals surface area contributed by atoms with Crippen molar-refractivity contribution < 1.29 is 23.8 Å². The molecule has 2 N–H and O–H groups in total. The van der Waals surface area contributed by atoms with E-state index in [1.165, 1.54) is 25.3 Å². The number of carbonyl (C=O) groups is 1. The van der Waals surface area contributed by atoms with Crippen LogP contribution in [-0.4, -0.2) is 18.2 Å². The van der Waals surface area contributed by atoms with Crippen LogP contribution in [0.4, 0.5) is 10.1 Å². The molecule has 3 aromatic rings. The highest BCUT2D eigenvalue weighted by atomic mass is 35.5. The Bertz CT molecular complexity index is 1030. The van der Waals surface area contributed by atoms with Crippen molar-refractivity contribution in [3.05, 3.63) is 88.2 Å². The number of methoxy groups -OCH3 is 1. The van der Waals surface area contributed by atoms with Gasteiger partial charge in [0.15, 0.2) is 0 Å². The fourth-order valence-corrected chi connectivity index (χ4v) is 2.96. The van der Waals surface area contributed by atoms with Crippen LogP contribution in [0.2, 0.25) is 5.02 Å². The predicted molar refractivity (Wildman–Crippen MR) is 109 cm³/mol. The summed E-state index contributed by atoms with van der Waals surface area (Å²) in [7, 11) is 1.50.